The van der Waals surface area contributed by atoms with E-state index in [-0.39, 0.29) is 12.2 Å². The minimum atomic E-state index is -0.552. The molecular weight excluding hydrogens is 448 g/mol. The Labute approximate surface area is 215 Å². The summed E-state index contributed by atoms with van der Waals surface area (Å²) in [6.07, 6.45) is 1.50. The molecule has 0 bridgehead atoms. The second-order valence-electron chi connectivity index (χ2n) is 10.5. The first-order chi connectivity index (χ1) is 17.4. The van der Waals surface area contributed by atoms with Crippen molar-refractivity contribution in [3.8, 4) is 5.75 Å². The Hall–Kier alpha value is -3.31. The molecule has 1 aliphatic rings. The monoisotopic (exact) mass is 486 g/mol. The van der Waals surface area contributed by atoms with E-state index in [1.54, 1.807) is 0 Å². The Morgan fingerprint density at radius 1 is 0.861 bits per heavy atom. The number of carbonyl (C=O) groups excluding carboxylic acids is 1. The van der Waals surface area contributed by atoms with E-state index in [1.807, 2.05) is 56.0 Å². The van der Waals surface area contributed by atoms with Gasteiger partial charge in [-0.05, 0) is 56.4 Å². The fourth-order valence-electron chi connectivity index (χ4n) is 4.50. The molecule has 0 saturated carbocycles. The number of ether oxygens (including phenoxy) is 2. The van der Waals surface area contributed by atoms with Gasteiger partial charge in [0.25, 0.3) is 0 Å². The number of rotatable bonds is 9. The quantitative estimate of drug-likeness (QED) is 0.355. The minimum Gasteiger partial charge on any atom is -0.488 e. The average Bonchev–Trinajstić information content (AvgIpc) is 2.86. The fourth-order valence-corrected chi connectivity index (χ4v) is 4.50. The maximum atomic E-state index is 13.2. The third-order valence-electron chi connectivity index (χ3n) is 6.26. The van der Waals surface area contributed by atoms with Crippen LogP contribution in [0.2, 0.25) is 0 Å². The first-order valence-corrected chi connectivity index (χ1v) is 12.9. The lowest BCUT2D eigenvalue weighted by Gasteiger charge is -2.34. The number of aryl methyl sites for hydroxylation is 1. The van der Waals surface area contributed by atoms with Crippen molar-refractivity contribution in [1.29, 1.82) is 0 Å². The highest BCUT2D eigenvalue weighted by Gasteiger charge is 2.28. The van der Waals surface area contributed by atoms with Crippen LogP contribution in [-0.2, 0) is 24.2 Å². The van der Waals surface area contributed by atoms with Gasteiger partial charge in [0.05, 0.1) is 6.54 Å². The summed E-state index contributed by atoms with van der Waals surface area (Å²) < 4.78 is 12.1. The van der Waals surface area contributed by atoms with Crippen LogP contribution in [0, 0.1) is 0 Å². The molecule has 5 heteroatoms. The topological polar surface area (TPSA) is 42.0 Å². The number of hydrogen-bond acceptors (Lipinski definition) is 4. The standard InChI is InChI=1S/C31H38N2O3/c1-31(2,3)36-30(34)33(24-28-19-18-27-16-10-11-17-29(27)35-28)21-20-32(22-25-12-6-4-7-13-25)23-26-14-8-5-9-15-26/h4-17,28H,18-24H2,1-3H3. The molecule has 1 aliphatic heterocycles. The molecule has 1 atom stereocenters. The molecule has 0 radical (unpaired) electrons. The van der Waals surface area contributed by atoms with Crippen molar-refractivity contribution < 1.29 is 14.3 Å². The van der Waals surface area contributed by atoms with Crippen molar-refractivity contribution >= 4 is 6.09 Å². The van der Waals surface area contributed by atoms with Crippen molar-refractivity contribution in [3.05, 3.63) is 102 Å². The number of hydrogen-bond donors (Lipinski definition) is 0. The third kappa shape index (κ3) is 7.85. The van der Waals surface area contributed by atoms with Gasteiger partial charge in [0, 0.05) is 26.2 Å². The summed E-state index contributed by atoms with van der Waals surface area (Å²) in [6.45, 7) is 9.15. The van der Waals surface area contributed by atoms with Crippen LogP contribution in [0.3, 0.4) is 0 Å². The molecule has 0 spiro atoms. The Kier molecular flexibility index (Phi) is 8.65. The summed E-state index contributed by atoms with van der Waals surface area (Å²) in [5.41, 5.74) is 3.19. The van der Waals surface area contributed by atoms with E-state index in [0.29, 0.717) is 13.1 Å². The predicted octanol–water partition coefficient (Wildman–Crippen LogP) is 6.32. The Morgan fingerprint density at radius 3 is 2.06 bits per heavy atom. The molecule has 190 valence electrons. The number of nitrogens with zero attached hydrogens (tertiary/aromatic N) is 2. The van der Waals surface area contributed by atoms with Gasteiger partial charge in [0.2, 0.25) is 0 Å². The number of amides is 1. The van der Waals surface area contributed by atoms with Crippen LogP contribution in [0.4, 0.5) is 4.79 Å². The molecular formula is C31H38N2O3. The Morgan fingerprint density at radius 2 is 1.44 bits per heavy atom. The number of benzene rings is 3. The summed E-state index contributed by atoms with van der Waals surface area (Å²) >= 11 is 0. The van der Waals surface area contributed by atoms with Gasteiger partial charge in [-0.1, -0.05) is 78.9 Å². The molecule has 36 heavy (non-hydrogen) atoms. The van der Waals surface area contributed by atoms with Crippen molar-refractivity contribution in [1.82, 2.24) is 9.80 Å². The van der Waals surface area contributed by atoms with Gasteiger partial charge in [-0.2, -0.15) is 0 Å². The van der Waals surface area contributed by atoms with Crippen molar-refractivity contribution in [2.75, 3.05) is 19.6 Å². The largest absolute Gasteiger partial charge is 0.488 e. The first-order valence-electron chi connectivity index (χ1n) is 12.9. The van der Waals surface area contributed by atoms with E-state index >= 15 is 0 Å². The zero-order chi connectivity index (χ0) is 25.4. The molecule has 3 aromatic carbocycles. The molecule has 0 N–H and O–H groups in total. The molecule has 1 unspecified atom stereocenters. The molecule has 1 amide bonds. The van der Waals surface area contributed by atoms with E-state index in [2.05, 4.69) is 59.5 Å². The van der Waals surface area contributed by atoms with Gasteiger partial charge < -0.3 is 14.4 Å². The van der Waals surface area contributed by atoms with Crippen LogP contribution < -0.4 is 4.74 Å². The number of fused-ring (bicyclic) bond motifs is 1. The van der Waals surface area contributed by atoms with E-state index < -0.39 is 5.60 Å². The summed E-state index contributed by atoms with van der Waals surface area (Å²) in [5, 5.41) is 0. The SMILES string of the molecule is CC(C)(C)OC(=O)N(CCN(Cc1ccccc1)Cc1ccccc1)CC1CCc2ccccc2O1. The van der Waals surface area contributed by atoms with Crippen LogP contribution in [0.5, 0.6) is 5.75 Å². The highest BCUT2D eigenvalue weighted by atomic mass is 16.6. The van der Waals surface area contributed by atoms with Crippen LogP contribution >= 0.6 is 0 Å². The molecule has 0 aliphatic carbocycles. The molecule has 0 aromatic heterocycles. The van der Waals surface area contributed by atoms with Crippen LogP contribution in [0.25, 0.3) is 0 Å². The van der Waals surface area contributed by atoms with Gasteiger partial charge in [-0.3, -0.25) is 4.90 Å². The second kappa shape index (κ2) is 12.1. The first kappa shape index (κ1) is 25.8. The van der Waals surface area contributed by atoms with E-state index in [0.717, 1.165) is 38.2 Å². The van der Waals surface area contributed by atoms with Gasteiger partial charge in [-0.15, -0.1) is 0 Å². The summed E-state index contributed by atoms with van der Waals surface area (Å²) in [6, 6.07) is 29.1. The van der Waals surface area contributed by atoms with E-state index in [9.17, 15) is 4.79 Å². The lowest BCUT2D eigenvalue weighted by Crippen LogP contribution is -2.46. The second-order valence-corrected chi connectivity index (χ2v) is 10.5. The Balaban J connectivity index is 1.46. The predicted molar refractivity (Wildman–Crippen MR) is 144 cm³/mol. The lowest BCUT2D eigenvalue weighted by molar-refractivity contribution is 0.0129. The molecule has 4 rings (SSSR count). The minimum absolute atomic E-state index is 0.0517. The Bertz CT molecular complexity index is 1050. The fraction of sp³-hybridized carbons (Fsp3) is 0.387. The molecule has 3 aromatic rings. The summed E-state index contributed by atoms with van der Waals surface area (Å²) in [5.74, 6) is 0.924. The maximum Gasteiger partial charge on any atom is 0.410 e. The highest BCUT2D eigenvalue weighted by Crippen LogP contribution is 2.27. The zero-order valence-corrected chi connectivity index (χ0v) is 21.7. The van der Waals surface area contributed by atoms with Crippen LogP contribution in [-0.4, -0.2) is 47.2 Å². The molecule has 0 fully saturated rings. The van der Waals surface area contributed by atoms with Crippen LogP contribution in [0.1, 0.15) is 43.9 Å². The smallest absolute Gasteiger partial charge is 0.410 e. The number of para-hydroxylation sites is 1. The van der Waals surface area contributed by atoms with E-state index in [4.69, 9.17) is 9.47 Å². The normalized spacial score (nSPS) is 15.2. The van der Waals surface area contributed by atoms with Gasteiger partial charge >= 0.3 is 6.09 Å². The maximum absolute atomic E-state index is 13.2. The van der Waals surface area contributed by atoms with Crippen molar-refractivity contribution in [2.24, 2.45) is 0 Å². The summed E-state index contributed by atoms with van der Waals surface area (Å²) in [7, 11) is 0. The third-order valence-corrected chi connectivity index (χ3v) is 6.26. The number of carbonyl (C=O) groups is 1. The average molecular weight is 487 g/mol. The van der Waals surface area contributed by atoms with Gasteiger partial charge in [0.15, 0.2) is 0 Å². The van der Waals surface area contributed by atoms with Crippen molar-refractivity contribution in [3.63, 3.8) is 0 Å². The van der Waals surface area contributed by atoms with Crippen LogP contribution in [0.15, 0.2) is 84.9 Å². The molecule has 5 nitrogen and oxygen atoms in total. The highest BCUT2D eigenvalue weighted by molar-refractivity contribution is 5.68. The lowest BCUT2D eigenvalue weighted by atomic mass is 10.0. The zero-order valence-electron chi connectivity index (χ0n) is 21.7. The molecule has 0 saturated heterocycles. The summed E-state index contributed by atoms with van der Waals surface area (Å²) in [4.78, 5) is 17.5. The molecule has 1 heterocycles. The van der Waals surface area contributed by atoms with Gasteiger partial charge in [0.1, 0.15) is 17.5 Å². The van der Waals surface area contributed by atoms with E-state index in [1.165, 1.54) is 16.7 Å². The van der Waals surface area contributed by atoms with Gasteiger partial charge in [-0.25, -0.2) is 4.79 Å². The van der Waals surface area contributed by atoms with Crippen molar-refractivity contribution in [2.45, 2.75) is 58.4 Å².